The highest BCUT2D eigenvalue weighted by Gasteiger charge is 2.42. The third-order valence-corrected chi connectivity index (χ3v) is 5.20. The van der Waals surface area contributed by atoms with Crippen molar-refractivity contribution in [3.8, 4) is 0 Å². The first-order chi connectivity index (χ1) is 10.3. The lowest BCUT2D eigenvalue weighted by molar-refractivity contribution is -0.0982. The summed E-state index contributed by atoms with van der Waals surface area (Å²) in [5, 5.41) is 3.78. The molecule has 2 unspecified atom stereocenters. The van der Waals surface area contributed by atoms with Crippen molar-refractivity contribution in [2.45, 2.75) is 63.5 Å². The second-order valence-electron chi connectivity index (χ2n) is 6.70. The first kappa shape index (κ1) is 15.0. The second kappa shape index (κ2) is 6.89. The molecule has 3 rings (SSSR count). The van der Waals surface area contributed by atoms with Crippen molar-refractivity contribution in [3.63, 3.8) is 0 Å². The topological polar surface area (TPSA) is 34.2 Å². The summed E-state index contributed by atoms with van der Waals surface area (Å²) >= 11 is 0. The van der Waals surface area contributed by atoms with Crippen LogP contribution in [0.1, 0.15) is 63.5 Å². The molecule has 0 bridgehead atoms. The van der Waals surface area contributed by atoms with Gasteiger partial charge in [0.1, 0.15) is 0 Å². The van der Waals surface area contributed by atoms with E-state index in [-0.39, 0.29) is 5.60 Å². The van der Waals surface area contributed by atoms with Crippen LogP contribution < -0.4 is 5.32 Å². The summed E-state index contributed by atoms with van der Waals surface area (Å²) in [4.78, 5) is 4.17. The molecule has 1 saturated heterocycles. The zero-order valence-corrected chi connectivity index (χ0v) is 13.2. The van der Waals surface area contributed by atoms with Crippen LogP contribution in [0.5, 0.6) is 0 Å². The van der Waals surface area contributed by atoms with Crippen LogP contribution in [-0.2, 0) is 4.74 Å². The fraction of sp³-hybridized carbons (Fsp3) is 0.722. The van der Waals surface area contributed by atoms with Gasteiger partial charge < -0.3 is 10.1 Å². The minimum absolute atomic E-state index is 0.197. The Hall–Kier alpha value is -0.930. The summed E-state index contributed by atoms with van der Waals surface area (Å²) in [5.41, 5.74) is 1.58. The smallest absolute Gasteiger partial charge is 0.0686 e. The lowest BCUT2D eigenvalue weighted by Crippen LogP contribution is -2.42. The highest BCUT2D eigenvalue weighted by atomic mass is 16.5. The van der Waals surface area contributed by atoms with E-state index in [1.54, 1.807) is 0 Å². The average Bonchev–Trinajstić information content (AvgIpc) is 2.97. The van der Waals surface area contributed by atoms with Gasteiger partial charge in [0.2, 0.25) is 0 Å². The highest BCUT2D eigenvalue weighted by molar-refractivity contribution is 5.17. The Bertz CT molecular complexity index is 428. The lowest BCUT2D eigenvalue weighted by atomic mass is 9.78. The van der Waals surface area contributed by atoms with Gasteiger partial charge in [0.25, 0.3) is 0 Å². The molecule has 116 valence electrons. The monoisotopic (exact) mass is 288 g/mol. The number of nitrogens with one attached hydrogen (secondary N) is 1. The van der Waals surface area contributed by atoms with Crippen LogP contribution in [0.25, 0.3) is 0 Å². The summed E-state index contributed by atoms with van der Waals surface area (Å²) < 4.78 is 6.21. The molecule has 1 spiro atoms. The minimum Gasteiger partial charge on any atom is -0.375 e. The fourth-order valence-corrected chi connectivity index (χ4v) is 4.15. The Kier molecular flexibility index (Phi) is 4.91. The van der Waals surface area contributed by atoms with Gasteiger partial charge in [-0.1, -0.05) is 19.8 Å². The second-order valence-corrected chi connectivity index (χ2v) is 6.70. The van der Waals surface area contributed by atoms with Gasteiger partial charge in [-0.25, -0.2) is 0 Å². The molecule has 3 nitrogen and oxygen atoms in total. The van der Waals surface area contributed by atoms with E-state index in [4.69, 9.17) is 4.74 Å². The van der Waals surface area contributed by atoms with Gasteiger partial charge in [-0.3, -0.25) is 4.98 Å². The number of hydrogen-bond donors (Lipinski definition) is 1. The molecule has 21 heavy (non-hydrogen) atoms. The first-order valence-corrected chi connectivity index (χ1v) is 8.60. The molecule has 0 aromatic carbocycles. The van der Waals surface area contributed by atoms with Crippen molar-refractivity contribution >= 4 is 0 Å². The molecule has 1 saturated carbocycles. The van der Waals surface area contributed by atoms with E-state index in [9.17, 15) is 0 Å². The molecule has 2 fully saturated rings. The van der Waals surface area contributed by atoms with Crippen LogP contribution in [0, 0.1) is 5.92 Å². The Morgan fingerprint density at radius 3 is 2.81 bits per heavy atom. The minimum atomic E-state index is 0.197. The largest absolute Gasteiger partial charge is 0.375 e. The molecule has 2 atom stereocenters. The SMILES string of the molecule is CCCNC(c1ccncc1)C1CCOC2(CCCC2)C1. The summed E-state index contributed by atoms with van der Waals surface area (Å²) in [5.74, 6) is 0.686. The number of rotatable bonds is 5. The van der Waals surface area contributed by atoms with Crippen molar-refractivity contribution in [1.29, 1.82) is 0 Å². The first-order valence-electron chi connectivity index (χ1n) is 8.60. The number of hydrogen-bond acceptors (Lipinski definition) is 3. The van der Waals surface area contributed by atoms with E-state index in [1.165, 1.54) is 50.5 Å². The molecule has 3 heteroatoms. The van der Waals surface area contributed by atoms with E-state index in [0.29, 0.717) is 12.0 Å². The van der Waals surface area contributed by atoms with Crippen molar-refractivity contribution in [2.75, 3.05) is 13.2 Å². The number of nitrogens with zero attached hydrogens (tertiary/aromatic N) is 1. The predicted octanol–water partition coefficient (Wildman–Crippen LogP) is 3.86. The zero-order valence-electron chi connectivity index (χ0n) is 13.2. The molecular weight excluding hydrogens is 260 g/mol. The summed E-state index contributed by atoms with van der Waals surface area (Å²) in [6, 6.07) is 4.79. The normalized spacial score (nSPS) is 26.0. The molecule has 1 aliphatic carbocycles. The maximum Gasteiger partial charge on any atom is 0.0686 e. The number of aromatic nitrogens is 1. The van der Waals surface area contributed by atoms with Crippen LogP contribution in [-0.4, -0.2) is 23.7 Å². The Morgan fingerprint density at radius 2 is 2.10 bits per heavy atom. The molecule has 0 amide bonds. The fourth-order valence-electron chi connectivity index (χ4n) is 4.15. The van der Waals surface area contributed by atoms with Gasteiger partial charge in [-0.2, -0.15) is 0 Å². The van der Waals surface area contributed by atoms with Gasteiger partial charge in [0.05, 0.1) is 5.60 Å². The van der Waals surface area contributed by atoms with Crippen LogP contribution >= 0.6 is 0 Å². The average molecular weight is 288 g/mol. The maximum absolute atomic E-state index is 6.21. The van der Waals surface area contributed by atoms with Crippen molar-refractivity contribution < 1.29 is 4.74 Å². The lowest BCUT2D eigenvalue weighted by Gasteiger charge is -2.41. The summed E-state index contributed by atoms with van der Waals surface area (Å²) in [7, 11) is 0. The van der Waals surface area contributed by atoms with Crippen molar-refractivity contribution in [2.24, 2.45) is 5.92 Å². The zero-order chi connectivity index (χ0) is 14.5. The Morgan fingerprint density at radius 1 is 1.33 bits per heavy atom. The highest BCUT2D eigenvalue weighted by Crippen LogP contribution is 2.45. The van der Waals surface area contributed by atoms with Crippen molar-refractivity contribution in [1.82, 2.24) is 10.3 Å². The Balaban J connectivity index is 1.75. The molecule has 2 aliphatic rings. The summed E-state index contributed by atoms with van der Waals surface area (Å²) in [6.07, 6.45) is 12.6. The third-order valence-electron chi connectivity index (χ3n) is 5.20. The molecule has 1 aromatic heterocycles. The predicted molar refractivity (Wildman–Crippen MR) is 85.1 cm³/mol. The van der Waals surface area contributed by atoms with Crippen molar-refractivity contribution in [3.05, 3.63) is 30.1 Å². The molecule has 1 N–H and O–H groups in total. The standard InChI is InChI=1S/C18H28N2O/c1-2-10-20-17(15-5-11-19-12-6-15)16-7-13-21-18(14-16)8-3-4-9-18/h5-6,11-12,16-17,20H,2-4,7-10,13-14H2,1H3. The van der Waals surface area contributed by atoms with E-state index in [1.807, 2.05) is 12.4 Å². The molecule has 2 heterocycles. The Labute approximate surface area is 128 Å². The maximum atomic E-state index is 6.21. The van der Waals surface area contributed by atoms with Crippen LogP contribution in [0.3, 0.4) is 0 Å². The van der Waals surface area contributed by atoms with Crippen LogP contribution in [0.4, 0.5) is 0 Å². The quantitative estimate of drug-likeness (QED) is 0.893. The summed E-state index contributed by atoms with van der Waals surface area (Å²) in [6.45, 7) is 4.25. The van der Waals surface area contributed by atoms with E-state index in [2.05, 4.69) is 29.4 Å². The van der Waals surface area contributed by atoms with E-state index in [0.717, 1.165) is 13.2 Å². The van der Waals surface area contributed by atoms with Crippen LogP contribution in [0.2, 0.25) is 0 Å². The number of ether oxygens (including phenoxy) is 1. The molecular formula is C18H28N2O. The number of pyridine rings is 1. The van der Waals surface area contributed by atoms with Gasteiger partial charge in [0.15, 0.2) is 0 Å². The van der Waals surface area contributed by atoms with Gasteiger partial charge in [-0.15, -0.1) is 0 Å². The van der Waals surface area contributed by atoms with Crippen LogP contribution in [0.15, 0.2) is 24.5 Å². The van der Waals surface area contributed by atoms with Gasteiger partial charge in [0, 0.05) is 25.0 Å². The van der Waals surface area contributed by atoms with E-state index < -0.39 is 0 Å². The van der Waals surface area contributed by atoms with Gasteiger partial charge >= 0.3 is 0 Å². The molecule has 1 aliphatic heterocycles. The van der Waals surface area contributed by atoms with Gasteiger partial charge in [-0.05, 0) is 62.3 Å². The molecule has 1 aromatic rings. The third kappa shape index (κ3) is 3.46. The van der Waals surface area contributed by atoms with E-state index >= 15 is 0 Å². The molecule has 0 radical (unpaired) electrons.